The van der Waals surface area contributed by atoms with Gasteiger partial charge in [0, 0.05) is 56.8 Å². The molecule has 2 aromatic heterocycles. The minimum atomic E-state index is 0.146. The fourth-order valence-corrected chi connectivity index (χ4v) is 6.64. The zero-order valence-electron chi connectivity index (χ0n) is 22.9. The number of phenolic OH excluding ortho intramolecular Hbond substituents is 2. The zero-order chi connectivity index (χ0) is 28.2. The number of para-hydroxylation sites is 2. The number of aromatic hydroxyl groups is 2. The number of hydrogen-bond acceptors (Lipinski definition) is 2. The fourth-order valence-electron chi connectivity index (χ4n) is 6.64. The Morgan fingerprint density at radius 3 is 1.19 bits per heavy atom. The molecule has 0 spiro atoms. The van der Waals surface area contributed by atoms with Gasteiger partial charge in [-0.25, -0.2) is 0 Å². The molecular weight excluding hydrogens is 516 g/mol. The Hall–Kier alpha value is -5.48. The molecule has 0 radical (unpaired) electrons. The highest BCUT2D eigenvalue weighted by Gasteiger charge is 2.24. The van der Waals surface area contributed by atoms with Crippen molar-refractivity contribution >= 4 is 43.6 Å². The Morgan fingerprint density at radius 1 is 0.381 bits per heavy atom. The quantitative estimate of drug-likeness (QED) is 0.227. The van der Waals surface area contributed by atoms with E-state index >= 15 is 0 Å². The minimum Gasteiger partial charge on any atom is -0.507 e. The summed E-state index contributed by atoms with van der Waals surface area (Å²) < 4.78 is 4.61. The van der Waals surface area contributed by atoms with E-state index < -0.39 is 0 Å². The number of phenols is 2. The van der Waals surface area contributed by atoms with Crippen molar-refractivity contribution in [2.45, 2.75) is 13.1 Å². The minimum absolute atomic E-state index is 0.146. The van der Waals surface area contributed by atoms with Gasteiger partial charge in [0.1, 0.15) is 11.5 Å². The Morgan fingerprint density at radius 2 is 0.762 bits per heavy atom. The third-order valence-electron chi connectivity index (χ3n) is 8.45. The molecule has 2 heterocycles. The number of benzene rings is 6. The van der Waals surface area contributed by atoms with Crippen LogP contribution in [0.25, 0.3) is 54.7 Å². The molecule has 0 aliphatic rings. The molecule has 8 rings (SSSR count). The Balaban J connectivity index is 1.47. The van der Waals surface area contributed by atoms with Crippen molar-refractivity contribution in [3.8, 4) is 22.6 Å². The van der Waals surface area contributed by atoms with E-state index in [0.29, 0.717) is 24.2 Å². The second-order valence-electron chi connectivity index (χ2n) is 10.9. The maximum atomic E-state index is 11.6. The summed E-state index contributed by atoms with van der Waals surface area (Å²) in [6.07, 6.45) is 0. The molecule has 2 N–H and O–H groups in total. The summed E-state index contributed by atoms with van der Waals surface area (Å²) in [4.78, 5) is 0. The Labute approximate surface area is 242 Å². The van der Waals surface area contributed by atoms with Crippen LogP contribution in [-0.2, 0) is 13.1 Å². The SMILES string of the molecule is Oc1ccc2c(c1-c1c(O)ccc3c1c1ccccc1n3Cc1ccccc1)c1ccccc1n2Cc1ccccc1. The molecule has 0 aliphatic heterocycles. The van der Waals surface area contributed by atoms with Crippen LogP contribution in [0.5, 0.6) is 11.5 Å². The molecule has 6 aromatic carbocycles. The molecule has 0 atom stereocenters. The van der Waals surface area contributed by atoms with Crippen LogP contribution in [0.3, 0.4) is 0 Å². The summed E-state index contributed by atoms with van der Waals surface area (Å²) in [6, 6.07) is 45.0. The van der Waals surface area contributed by atoms with E-state index in [1.54, 1.807) is 12.1 Å². The van der Waals surface area contributed by atoms with Crippen LogP contribution in [0.15, 0.2) is 133 Å². The van der Waals surface area contributed by atoms with E-state index in [-0.39, 0.29) is 11.5 Å². The molecule has 42 heavy (non-hydrogen) atoms. The van der Waals surface area contributed by atoms with Crippen molar-refractivity contribution in [3.63, 3.8) is 0 Å². The van der Waals surface area contributed by atoms with E-state index in [0.717, 1.165) is 43.6 Å². The van der Waals surface area contributed by atoms with Gasteiger partial charge >= 0.3 is 0 Å². The zero-order valence-corrected chi connectivity index (χ0v) is 22.9. The molecule has 8 aromatic rings. The third-order valence-corrected chi connectivity index (χ3v) is 8.45. The lowest BCUT2D eigenvalue weighted by molar-refractivity contribution is 0.470. The van der Waals surface area contributed by atoms with Crippen LogP contribution in [-0.4, -0.2) is 19.3 Å². The lowest BCUT2D eigenvalue weighted by atomic mass is 9.93. The second kappa shape index (κ2) is 9.57. The van der Waals surface area contributed by atoms with Gasteiger partial charge in [0.25, 0.3) is 0 Å². The maximum absolute atomic E-state index is 11.6. The van der Waals surface area contributed by atoms with Crippen LogP contribution in [0.4, 0.5) is 0 Å². The summed E-state index contributed by atoms with van der Waals surface area (Å²) in [7, 11) is 0. The second-order valence-corrected chi connectivity index (χ2v) is 10.9. The highest BCUT2D eigenvalue weighted by Crippen LogP contribution is 2.49. The van der Waals surface area contributed by atoms with Crippen molar-refractivity contribution < 1.29 is 10.2 Å². The predicted molar refractivity (Wildman–Crippen MR) is 172 cm³/mol. The maximum Gasteiger partial charge on any atom is 0.124 e. The molecule has 0 saturated heterocycles. The van der Waals surface area contributed by atoms with E-state index in [4.69, 9.17) is 0 Å². The van der Waals surface area contributed by atoms with Crippen LogP contribution in [0.1, 0.15) is 11.1 Å². The number of aromatic nitrogens is 2. The highest BCUT2D eigenvalue weighted by molar-refractivity contribution is 6.23. The molecule has 0 fully saturated rings. The molecule has 0 saturated carbocycles. The first kappa shape index (κ1) is 24.3. The average Bonchev–Trinajstić information content (AvgIpc) is 3.51. The molecule has 0 bridgehead atoms. The van der Waals surface area contributed by atoms with Crippen LogP contribution < -0.4 is 0 Å². The van der Waals surface area contributed by atoms with Gasteiger partial charge in [-0.05, 0) is 47.5 Å². The van der Waals surface area contributed by atoms with Crippen molar-refractivity contribution in [2.24, 2.45) is 0 Å². The van der Waals surface area contributed by atoms with Gasteiger partial charge in [0.05, 0.1) is 11.0 Å². The summed E-state index contributed by atoms with van der Waals surface area (Å²) in [5.74, 6) is 0.292. The molecule has 4 nitrogen and oxygen atoms in total. The van der Waals surface area contributed by atoms with Gasteiger partial charge in [-0.1, -0.05) is 97.1 Å². The lowest BCUT2D eigenvalue weighted by Crippen LogP contribution is -1.99. The number of rotatable bonds is 5. The number of fused-ring (bicyclic) bond motifs is 6. The first-order valence-corrected chi connectivity index (χ1v) is 14.2. The van der Waals surface area contributed by atoms with E-state index in [1.807, 2.05) is 36.4 Å². The lowest BCUT2D eigenvalue weighted by Gasteiger charge is -2.14. The molecular formula is C38H28N2O2. The standard InChI is InChI=1S/C38H28N2O2/c41-33-21-19-31-35(27-15-7-9-17-29(27)39(31)23-25-11-3-1-4-12-25)37(33)38-34(42)22-20-32-36(38)28-16-8-10-18-30(28)40(32)24-26-13-5-2-6-14-26/h1-22,41-42H,23-24H2. The molecule has 0 aliphatic carbocycles. The number of nitrogens with zero attached hydrogens (tertiary/aromatic N) is 2. The van der Waals surface area contributed by atoms with Gasteiger partial charge < -0.3 is 19.3 Å². The van der Waals surface area contributed by atoms with E-state index in [9.17, 15) is 10.2 Å². The van der Waals surface area contributed by atoms with Crippen LogP contribution >= 0.6 is 0 Å². The summed E-state index contributed by atoms with van der Waals surface area (Å²) in [6.45, 7) is 1.39. The summed E-state index contributed by atoms with van der Waals surface area (Å²) >= 11 is 0. The molecule has 0 unspecified atom stereocenters. The number of hydrogen-bond donors (Lipinski definition) is 2. The van der Waals surface area contributed by atoms with Crippen molar-refractivity contribution in [1.82, 2.24) is 9.13 Å². The summed E-state index contributed by atoms with van der Waals surface area (Å²) in [5, 5.41) is 27.1. The Bertz CT molecular complexity index is 2100. The molecule has 4 heteroatoms. The van der Waals surface area contributed by atoms with Crippen LogP contribution in [0.2, 0.25) is 0 Å². The highest BCUT2D eigenvalue weighted by atomic mass is 16.3. The first-order chi connectivity index (χ1) is 20.7. The van der Waals surface area contributed by atoms with Gasteiger partial charge in [0.15, 0.2) is 0 Å². The average molecular weight is 545 g/mol. The van der Waals surface area contributed by atoms with Gasteiger partial charge in [-0.3, -0.25) is 0 Å². The normalized spacial score (nSPS) is 11.7. The topological polar surface area (TPSA) is 50.3 Å². The molecule has 0 amide bonds. The monoisotopic (exact) mass is 544 g/mol. The molecule has 202 valence electrons. The van der Waals surface area contributed by atoms with Crippen molar-refractivity contribution in [1.29, 1.82) is 0 Å². The fraction of sp³-hybridized carbons (Fsp3) is 0.0526. The smallest absolute Gasteiger partial charge is 0.124 e. The Kier molecular flexibility index (Phi) is 5.54. The third kappa shape index (κ3) is 3.69. The largest absolute Gasteiger partial charge is 0.507 e. The predicted octanol–water partition coefficient (Wildman–Crippen LogP) is 9.08. The van der Waals surface area contributed by atoms with E-state index in [2.05, 4.69) is 94.1 Å². The van der Waals surface area contributed by atoms with Gasteiger partial charge in [0.2, 0.25) is 0 Å². The van der Waals surface area contributed by atoms with Crippen LogP contribution in [0, 0.1) is 0 Å². The van der Waals surface area contributed by atoms with Gasteiger partial charge in [-0.15, -0.1) is 0 Å². The van der Waals surface area contributed by atoms with Gasteiger partial charge in [-0.2, -0.15) is 0 Å². The van der Waals surface area contributed by atoms with E-state index in [1.165, 1.54) is 11.1 Å². The first-order valence-electron chi connectivity index (χ1n) is 14.2. The van der Waals surface area contributed by atoms with Crippen molar-refractivity contribution in [2.75, 3.05) is 0 Å². The summed E-state index contributed by atoms with van der Waals surface area (Å²) in [5.41, 5.74) is 7.90. The van der Waals surface area contributed by atoms with Crippen molar-refractivity contribution in [3.05, 3.63) is 145 Å².